The van der Waals surface area contributed by atoms with Crippen LogP contribution in [0.1, 0.15) is 62.8 Å². The lowest BCUT2D eigenvalue weighted by Gasteiger charge is -2.27. The molecule has 1 aliphatic heterocycles. The van der Waals surface area contributed by atoms with Gasteiger partial charge in [-0.15, -0.1) is 0 Å². The van der Waals surface area contributed by atoms with Gasteiger partial charge in [0.25, 0.3) is 0 Å². The summed E-state index contributed by atoms with van der Waals surface area (Å²) in [5.41, 5.74) is 0.681. The number of nitrogens with zero attached hydrogens (tertiary/aromatic N) is 1. The lowest BCUT2D eigenvalue weighted by Crippen LogP contribution is -2.38. The Morgan fingerprint density at radius 3 is 2.58 bits per heavy atom. The first-order valence-electron chi connectivity index (χ1n) is 9.98. The summed E-state index contributed by atoms with van der Waals surface area (Å²) in [5.74, 6) is -0.315. The van der Waals surface area contributed by atoms with Gasteiger partial charge in [-0.25, -0.2) is 4.39 Å². The molecule has 3 atom stereocenters. The predicted octanol–water partition coefficient (Wildman–Crippen LogP) is 3.37. The summed E-state index contributed by atoms with van der Waals surface area (Å²) in [5, 5.41) is 3.04. The van der Waals surface area contributed by atoms with Gasteiger partial charge >= 0.3 is 0 Å². The number of carbonyl (C=O) groups is 2. The van der Waals surface area contributed by atoms with E-state index in [1.807, 2.05) is 11.0 Å². The van der Waals surface area contributed by atoms with Gasteiger partial charge in [-0.05, 0) is 30.9 Å². The molecule has 3 aliphatic rings. The molecule has 3 fully saturated rings. The predicted molar refractivity (Wildman–Crippen MR) is 97.0 cm³/mol. The highest BCUT2D eigenvalue weighted by molar-refractivity contribution is 5.89. The lowest BCUT2D eigenvalue weighted by molar-refractivity contribution is -0.130. The SMILES string of the molecule is O=C(N[C@@H]1C[C@@H]1c1ccccc1F)[C@H]1CC(=O)N(C2CCCCCC2)C1. The van der Waals surface area contributed by atoms with E-state index in [4.69, 9.17) is 0 Å². The second-order valence-corrected chi connectivity index (χ2v) is 8.07. The summed E-state index contributed by atoms with van der Waals surface area (Å²) in [6, 6.07) is 7.08. The Morgan fingerprint density at radius 2 is 1.85 bits per heavy atom. The number of benzene rings is 1. The highest BCUT2D eigenvalue weighted by Gasteiger charge is 2.44. The van der Waals surface area contributed by atoms with Gasteiger partial charge in [-0.1, -0.05) is 43.9 Å². The van der Waals surface area contributed by atoms with Gasteiger partial charge in [-0.2, -0.15) is 0 Å². The van der Waals surface area contributed by atoms with Crippen molar-refractivity contribution < 1.29 is 14.0 Å². The van der Waals surface area contributed by atoms with Crippen molar-refractivity contribution in [3.8, 4) is 0 Å². The minimum absolute atomic E-state index is 0.00133. The molecule has 26 heavy (non-hydrogen) atoms. The molecule has 4 nitrogen and oxygen atoms in total. The average molecular weight is 358 g/mol. The van der Waals surface area contributed by atoms with E-state index in [0.717, 1.165) is 19.3 Å². The van der Waals surface area contributed by atoms with E-state index in [-0.39, 0.29) is 35.5 Å². The zero-order chi connectivity index (χ0) is 18.1. The maximum Gasteiger partial charge on any atom is 0.225 e. The van der Waals surface area contributed by atoms with Crippen LogP contribution in [0.5, 0.6) is 0 Å². The standard InChI is InChI=1S/C21H27FN2O2/c22-18-10-6-5-9-16(18)17-12-19(17)23-21(26)14-11-20(25)24(13-14)15-7-3-1-2-4-8-15/h5-6,9-10,14-15,17,19H,1-4,7-8,11-13H2,(H,23,26)/t14-,17+,19+/m0/s1. The summed E-state index contributed by atoms with van der Waals surface area (Å²) in [4.78, 5) is 27.0. The van der Waals surface area contributed by atoms with Crippen LogP contribution in [0.2, 0.25) is 0 Å². The Hall–Kier alpha value is -1.91. The molecule has 0 unspecified atom stereocenters. The molecule has 1 saturated heterocycles. The largest absolute Gasteiger partial charge is 0.352 e. The van der Waals surface area contributed by atoms with Crippen molar-refractivity contribution in [1.82, 2.24) is 10.2 Å². The Kier molecular flexibility index (Phi) is 4.96. The summed E-state index contributed by atoms with van der Waals surface area (Å²) < 4.78 is 13.9. The van der Waals surface area contributed by atoms with Crippen LogP contribution in [0.4, 0.5) is 4.39 Å². The van der Waals surface area contributed by atoms with E-state index in [9.17, 15) is 14.0 Å². The Bertz CT molecular complexity index is 684. The van der Waals surface area contributed by atoms with Gasteiger partial charge < -0.3 is 10.2 Å². The van der Waals surface area contributed by atoms with E-state index in [1.54, 1.807) is 12.1 Å². The molecular formula is C21H27FN2O2. The third-order valence-electron chi connectivity index (χ3n) is 6.22. The number of halogens is 1. The first-order valence-corrected chi connectivity index (χ1v) is 9.98. The number of carbonyl (C=O) groups excluding carboxylic acids is 2. The van der Waals surface area contributed by atoms with Crippen molar-refractivity contribution in [3.63, 3.8) is 0 Å². The molecule has 5 heteroatoms. The second-order valence-electron chi connectivity index (χ2n) is 8.07. The fourth-order valence-electron chi connectivity index (χ4n) is 4.60. The van der Waals surface area contributed by atoms with Crippen LogP contribution in [0.15, 0.2) is 24.3 Å². The van der Waals surface area contributed by atoms with Crippen LogP contribution < -0.4 is 5.32 Å². The van der Waals surface area contributed by atoms with E-state index in [1.165, 1.54) is 31.7 Å². The molecule has 2 aliphatic carbocycles. The summed E-state index contributed by atoms with van der Waals surface area (Å²) in [6.07, 6.45) is 8.09. The zero-order valence-corrected chi connectivity index (χ0v) is 15.1. The fraction of sp³-hybridized carbons (Fsp3) is 0.619. The van der Waals surface area contributed by atoms with Gasteiger partial charge in [0.15, 0.2) is 0 Å². The molecule has 1 N–H and O–H groups in total. The molecule has 2 amide bonds. The minimum Gasteiger partial charge on any atom is -0.352 e. The van der Waals surface area contributed by atoms with Gasteiger partial charge in [0, 0.05) is 31.0 Å². The van der Waals surface area contributed by atoms with E-state index in [0.29, 0.717) is 24.6 Å². The van der Waals surface area contributed by atoms with Crippen LogP contribution in [-0.4, -0.2) is 35.3 Å². The van der Waals surface area contributed by atoms with E-state index in [2.05, 4.69) is 5.32 Å². The molecular weight excluding hydrogens is 331 g/mol. The molecule has 1 heterocycles. The average Bonchev–Trinajstić information content (AvgIpc) is 3.35. The second kappa shape index (κ2) is 7.37. The maximum atomic E-state index is 13.9. The molecule has 1 aromatic rings. The molecule has 140 valence electrons. The lowest BCUT2D eigenvalue weighted by atomic mass is 10.1. The van der Waals surface area contributed by atoms with Crippen molar-refractivity contribution in [3.05, 3.63) is 35.6 Å². The number of rotatable bonds is 4. The van der Waals surface area contributed by atoms with Gasteiger partial charge in [0.1, 0.15) is 5.82 Å². The van der Waals surface area contributed by atoms with Crippen molar-refractivity contribution in [2.75, 3.05) is 6.54 Å². The van der Waals surface area contributed by atoms with Crippen molar-refractivity contribution in [2.45, 2.75) is 69.4 Å². The van der Waals surface area contributed by atoms with Crippen LogP contribution in [-0.2, 0) is 9.59 Å². The molecule has 0 spiro atoms. The Balaban J connectivity index is 1.32. The van der Waals surface area contributed by atoms with Crippen LogP contribution in [0.3, 0.4) is 0 Å². The minimum atomic E-state index is -0.257. The molecule has 4 rings (SSSR count). The van der Waals surface area contributed by atoms with E-state index < -0.39 is 0 Å². The Morgan fingerprint density at radius 1 is 1.12 bits per heavy atom. The number of hydrogen-bond donors (Lipinski definition) is 1. The fourth-order valence-corrected chi connectivity index (χ4v) is 4.60. The molecule has 0 radical (unpaired) electrons. The zero-order valence-electron chi connectivity index (χ0n) is 15.1. The summed E-state index contributed by atoms with van der Waals surface area (Å²) in [7, 11) is 0. The monoisotopic (exact) mass is 358 g/mol. The highest BCUT2D eigenvalue weighted by atomic mass is 19.1. The number of hydrogen-bond acceptors (Lipinski definition) is 2. The maximum absolute atomic E-state index is 13.9. The molecule has 0 bridgehead atoms. The number of nitrogens with one attached hydrogen (secondary N) is 1. The summed E-state index contributed by atoms with van der Waals surface area (Å²) in [6.45, 7) is 0.548. The summed E-state index contributed by atoms with van der Waals surface area (Å²) >= 11 is 0. The molecule has 1 aromatic carbocycles. The van der Waals surface area contributed by atoms with Crippen molar-refractivity contribution >= 4 is 11.8 Å². The van der Waals surface area contributed by atoms with Crippen molar-refractivity contribution in [2.24, 2.45) is 5.92 Å². The molecule has 0 aromatic heterocycles. The van der Waals surface area contributed by atoms with Gasteiger partial charge in [-0.3, -0.25) is 9.59 Å². The van der Waals surface area contributed by atoms with Crippen molar-refractivity contribution in [1.29, 1.82) is 0 Å². The van der Waals surface area contributed by atoms with Gasteiger partial charge in [0.2, 0.25) is 11.8 Å². The van der Waals surface area contributed by atoms with Crippen LogP contribution in [0, 0.1) is 11.7 Å². The van der Waals surface area contributed by atoms with Gasteiger partial charge in [0.05, 0.1) is 5.92 Å². The number of likely N-dealkylation sites (tertiary alicyclic amines) is 1. The number of amides is 2. The first kappa shape index (κ1) is 17.5. The highest BCUT2D eigenvalue weighted by Crippen LogP contribution is 2.42. The normalized spacial score (nSPS) is 29.5. The van der Waals surface area contributed by atoms with Crippen LogP contribution >= 0.6 is 0 Å². The molecule has 2 saturated carbocycles. The third-order valence-corrected chi connectivity index (χ3v) is 6.22. The van der Waals surface area contributed by atoms with E-state index >= 15 is 0 Å². The Labute approximate surface area is 154 Å². The first-order chi connectivity index (χ1) is 12.6. The topological polar surface area (TPSA) is 49.4 Å². The third kappa shape index (κ3) is 3.62. The smallest absolute Gasteiger partial charge is 0.225 e. The van der Waals surface area contributed by atoms with Crippen LogP contribution in [0.25, 0.3) is 0 Å². The quantitative estimate of drug-likeness (QED) is 0.839.